The fourth-order valence-electron chi connectivity index (χ4n) is 4.47. The Morgan fingerprint density at radius 2 is 1.85 bits per heavy atom. The van der Waals surface area contributed by atoms with Crippen molar-refractivity contribution in [1.82, 2.24) is 9.88 Å². The normalized spacial score (nSPS) is 23.0. The number of likely N-dealkylation sites (tertiary alicyclic amines) is 1. The molecule has 26 heavy (non-hydrogen) atoms. The largest absolute Gasteiger partial charge is 0.356 e. The Labute approximate surface area is 155 Å². The highest BCUT2D eigenvalue weighted by Crippen LogP contribution is 2.41. The zero-order chi connectivity index (χ0) is 17.8. The quantitative estimate of drug-likeness (QED) is 0.828. The van der Waals surface area contributed by atoms with Gasteiger partial charge in [-0.05, 0) is 49.8 Å². The highest BCUT2D eigenvalue weighted by molar-refractivity contribution is 5.85. The second-order valence-corrected chi connectivity index (χ2v) is 7.62. The molecule has 0 aliphatic carbocycles. The molecule has 136 valence electrons. The average Bonchev–Trinajstić information content (AvgIpc) is 3.12. The number of anilines is 1. The lowest BCUT2D eigenvalue weighted by Gasteiger charge is -2.39. The number of aryl methyl sites for hydroxylation is 1. The number of piperidine rings is 1. The number of benzene rings is 1. The summed E-state index contributed by atoms with van der Waals surface area (Å²) in [5.41, 5.74) is 1.16. The first-order chi connectivity index (χ1) is 12.8. The van der Waals surface area contributed by atoms with Gasteiger partial charge in [0.15, 0.2) is 0 Å². The number of hydrogen-bond acceptors (Lipinski definition) is 3. The fourth-order valence-corrected chi connectivity index (χ4v) is 4.47. The van der Waals surface area contributed by atoms with Gasteiger partial charge in [-0.25, -0.2) is 4.98 Å². The molecule has 1 aromatic heterocycles. The number of nitrogens with zero attached hydrogens (tertiary/aromatic N) is 3. The van der Waals surface area contributed by atoms with Crippen LogP contribution in [0.1, 0.15) is 31.2 Å². The van der Waals surface area contributed by atoms with E-state index in [9.17, 15) is 4.79 Å². The summed E-state index contributed by atoms with van der Waals surface area (Å²) in [5, 5.41) is 0. The van der Waals surface area contributed by atoms with E-state index in [2.05, 4.69) is 45.1 Å². The zero-order valence-corrected chi connectivity index (χ0v) is 15.3. The molecule has 4 nitrogen and oxygen atoms in total. The van der Waals surface area contributed by atoms with Crippen molar-refractivity contribution in [2.24, 2.45) is 5.41 Å². The molecule has 3 heterocycles. The van der Waals surface area contributed by atoms with Crippen molar-refractivity contribution in [2.45, 2.75) is 32.1 Å². The zero-order valence-electron chi connectivity index (χ0n) is 15.3. The minimum atomic E-state index is -0.192. The number of aromatic nitrogens is 1. The first kappa shape index (κ1) is 17.1. The molecule has 2 aliphatic heterocycles. The summed E-state index contributed by atoms with van der Waals surface area (Å²) in [6.07, 6.45) is 7.00. The Morgan fingerprint density at radius 1 is 1.00 bits per heavy atom. The van der Waals surface area contributed by atoms with Gasteiger partial charge in [0.2, 0.25) is 5.91 Å². The molecule has 1 atom stereocenters. The Morgan fingerprint density at radius 3 is 2.65 bits per heavy atom. The van der Waals surface area contributed by atoms with Gasteiger partial charge in [0.1, 0.15) is 5.82 Å². The van der Waals surface area contributed by atoms with E-state index in [0.717, 1.165) is 64.1 Å². The molecule has 2 fully saturated rings. The Kier molecular flexibility index (Phi) is 4.91. The highest BCUT2D eigenvalue weighted by Gasteiger charge is 2.48. The molecule has 0 unspecified atom stereocenters. The van der Waals surface area contributed by atoms with Crippen LogP contribution < -0.4 is 4.90 Å². The second kappa shape index (κ2) is 7.48. The van der Waals surface area contributed by atoms with Gasteiger partial charge in [-0.3, -0.25) is 4.79 Å². The van der Waals surface area contributed by atoms with E-state index in [1.54, 1.807) is 0 Å². The van der Waals surface area contributed by atoms with E-state index in [1.807, 2.05) is 24.4 Å². The van der Waals surface area contributed by atoms with Crippen LogP contribution in [0.15, 0.2) is 54.7 Å². The number of carbonyl (C=O) groups excluding carboxylic acids is 1. The summed E-state index contributed by atoms with van der Waals surface area (Å²) in [7, 11) is 0. The van der Waals surface area contributed by atoms with E-state index < -0.39 is 0 Å². The van der Waals surface area contributed by atoms with Crippen LogP contribution in [0.3, 0.4) is 0 Å². The van der Waals surface area contributed by atoms with E-state index >= 15 is 0 Å². The van der Waals surface area contributed by atoms with Gasteiger partial charge in [-0.1, -0.05) is 36.4 Å². The van der Waals surface area contributed by atoms with Crippen molar-refractivity contribution in [2.75, 3.05) is 31.1 Å². The van der Waals surface area contributed by atoms with Gasteiger partial charge in [-0.15, -0.1) is 0 Å². The highest BCUT2D eigenvalue weighted by atomic mass is 16.2. The van der Waals surface area contributed by atoms with Crippen LogP contribution in [-0.2, 0) is 11.2 Å². The molecule has 2 saturated heterocycles. The van der Waals surface area contributed by atoms with Gasteiger partial charge in [-0.2, -0.15) is 0 Å². The van der Waals surface area contributed by atoms with E-state index in [-0.39, 0.29) is 5.41 Å². The molecule has 4 rings (SSSR count). The summed E-state index contributed by atoms with van der Waals surface area (Å²) in [6, 6.07) is 16.6. The lowest BCUT2D eigenvalue weighted by atomic mass is 9.78. The third-order valence-electron chi connectivity index (χ3n) is 5.89. The molecule has 0 bridgehead atoms. The molecule has 1 amide bonds. The van der Waals surface area contributed by atoms with Crippen molar-refractivity contribution in [1.29, 1.82) is 0 Å². The fraction of sp³-hybridized carbons (Fsp3) is 0.455. The first-order valence-corrected chi connectivity index (χ1v) is 9.76. The van der Waals surface area contributed by atoms with Gasteiger partial charge in [0, 0.05) is 32.4 Å². The van der Waals surface area contributed by atoms with Crippen LogP contribution >= 0.6 is 0 Å². The molecule has 4 heteroatoms. The standard InChI is InChI=1S/C22H27N3O/c26-21-22(13-17-25(18-22)20-11-4-5-14-23-20)12-7-16-24(21)15-6-10-19-8-2-1-3-9-19/h1-5,8-9,11,14H,6-7,10,12-13,15-18H2/t22-/m0/s1. The third-order valence-corrected chi connectivity index (χ3v) is 5.89. The predicted octanol–water partition coefficient (Wildman–Crippen LogP) is 3.53. The molecule has 2 aliphatic rings. The molecular formula is C22H27N3O. The molecule has 0 N–H and O–H groups in total. The Bertz CT molecular complexity index is 734. The third kappa shape index (κ3) is 3.46. The Balaban J connectivity index is 1.37. The summed E-state index contributed by atoms with van der Waals surface area (Å²) < 4.78 is 0. The average molecular weight is 349 g/mol. The van der Waals surface area contributed by atoms with Crippen LogP contribution in [0.25, 0.3) is 0 Å². The first-order valence-electron chi connectivity index (χ1n) is 9.76. The van der Waals surface area contributed by atoms with Crippen LogP contribution in [0.2, 0.25) is 0 Å². The maximum atomic E-state index is 13.2. The summed E-state index contributed by atoms with van der Waals surface area (Å²) in [5.74, 6) is 1.37. The molecule has 0 saturated carbocycles. The lowest BCUT2D eigenvalue weighted by Crippen LogP contribution is -2.50. The van der Waals surface area contributed by atoms with Gasteiger partial charge < -0.3 is 9.80 Å². The summed E-state index contributed by atoms with van der Waals surface area (Å²) in [4.78, 5) is 22.1. The molecular weight excluding hydrogens is 322 g/mol. The SMILES string of the molecule is O=C1N(CCCc2ccccc2)CCC[C@@]12CCN(c1ccccn1)C2. The monoisotopic (exact) mass is 349 g/mol. The minimum absolute atomic E-state index is 0.192. The molecule has 1 spiro atoms. The summed E-state index contributed by atoms with van der Waals surface area (Å²) in [6.45, 7) is 3.54. The number of carbonyl (C=O) groups is 1. The number of amides is 1. The van der Waals surface area contributed by atoms with E-state index in [1.165, 1.54) is 5.56 Å². The van der Waals surface area contributed by atoms with Gasteiger partial charge in [0.25, 0.3) is 0 Å². The lowest BCUT2D eigenvalue weighted by molar-refractivity contribution is -0.145. The van der Waals surface area contributed by atoms with Gasteiger partial charge >= 0.3 is 0 Å². The minimum Gasteiger partial charge on any atom is -0.356 e. The molecule has 2 aromatic rings. The van der Waals surface area contributed by atoms with Crippen LogP contribution in [0.4, 0.5) is 5.82 Å². The van der Waals surface area contributed by atoms with Crippen molar-refractivity contribution in [3.05, 3.63) is 60.3 Å². The van der Waals surface area contributed by atoms with Crippen molar-refractivity contribution in [3.8, 4) is 0 Å². The number of pyridine rings is 1. The van der Waals surface area contributed by atoms with Crippen molar-refractivity contribution >= 4 is 11.7 Å². The van der Waals surface area contributed by atoms with E-state index in [4.69, 9.17) is 0 Å². The maximum absolute atomic E-state index is 13.2. The topological polar surface area (TPSA) is 36.4 Å². The molecule has 0 radical (unpaired) electrons. The van der Waals surface area contributed by atoms with E-state index in [0.29, 0.717) is 5.91 Å². The smallest absolute Gasteiger partial charge is 0.230 e. The summed E-state index contributed by atoms with van der Waals surface area (Å²) >= 11 is 0. The predicted molar refractivity (Wildman–Crippen MR) is 104 cm³/mol. The van der Waals surface area contributed by atoms with Crippen LogP contribution in [0.5, 0.6) is 0 Å². The van der Waals surface area contributed by atoms with Crippen molar-refractivity contribution in [3.63, 3.8) is 0 Å². The van der Waals surface area contributed by atoms with Crippen LogP contribution in [-0.4, -0.2) is 42.0 Å². The van der Waals surface area contributed by atoms with Gasteiger partial charge in [0.05, 0.1) is 5.41 Å². The molecule has 1 aromatic carbocycles. The maximum Gasteiger partial charge on any atom is 0.230 e. The van der Waals surface area contributed by atoms with Crippen LogP contribution in [0, 0.1) is 5.41 Å². The van der Waals surface area contributed by atoms with Crippen molar-refractivity contribution < 1.29 is 4.79 Å². The second-order valence-electron chi connectivity index (χ2n) is 7.62. The Hall–Kier alpha value is -2.36. The number of hydrogen-bond donors (Lipinski definition) is 0. The number of rotatable bonds is 5.